The van der Waals surface area contributed by atoms with Crippen molar-refractivity contribution < 1.29 is 0 Å². The number of pyridine rings is 1. The molecule has 3 aromatic carbocycles. The summed E-state index contributed by atoms with van der Waals surface area (Å²) in [6, 6.07) is 16.6. The Kier molecular flexibility index (Phi) is 3.71. The van der Waals surface area contributed by atoms with Crippen LogP contribution in [0.2, 0.25) is 0 Å². The molecule has 0 fully saturated rings. The second kappa shape index (κ2) is 6.67. The highest BCUT2D eigenvalue weighted by atomic mass is 14.8. The lowest BCUT2D eigenvalue weighted by Crippen LogP contribution is -1.94. The molecule has 0 spiro atoms. The van der Waals surface area contributed by atoms with Gasteiger partial charge in [-0.2, -0.15) is 0 Å². The normalized spacial score (nSPS) is 11.3. The largest absolute Gasteiger partial charge is 0.256 e. The standard InChI is InChI=1S/C25H15N5/c1-2-6-19-18(5-1)23(16-9-26-14-27-10-16)21-13-30-22-8-4-3-7-20(22)25(21)24(19)17-11-28-15-29-12-17/h1-15H. The molecule has 0 unspecified atom stereocenters. The molecule has 0 amide bonds. The third-order valence-electron chi connectivity index (χ3n) is 5.46. The van der Waals surface area contributed by atoms with Gasteiger partial charge in [0.25, 0.3) is 0 Å². The van der Waals surface area contributed by atoms with Crippen molar-refractivity contribution in [2.24, 2.45) is 0 Å². The minimum Gasteiger partial charge on any atom is -0.256 e. The van der Waals surface area contributed by atoms with Crippen LogP contribution in [0, 0.1) is 0 Å². The average molecular weight is 385 g/mol. The SMILES string of the molecule is c1ccc2c(c1)ncc1c(-c3cncnc3)c3ccccc3c(-c3cncnc3)c12. The lowest BCUT2D eigenvalue weighted by atomic mass is 9.86. The summed E-state index contributed by atoms with van der Waals surface area (Å²) in [5, 5.41) is 5.54. The Morgan fingerprint density at radius 1 is 0.467 bits per heavy atom. The fraction of sp³-hybridized carbons (Fsp3) is 0. The fourth-order valence-electron chi connectivity index (χ4n) is 4.27. The number of aromatic nitrogens is 5. The van der Waals surface area contributed by atoms with Crippen LogP contribution in [0.15, 0.2) is 92.2 Å². The Bertz CT molecular complexity index is 1530. The molecule has 0 radical (unpaired) electrons. The molecule has 0 atom stereocenters. The molecule has 0 aliphatic rings. The first-order valence-corrected chi connectivity index (χ1v) is 9.65. The Hall–Kier alpha value is -4.25. The minimum absolute atomic E-state index is 0.952. The average Bonchev–Trinajstić information content (AvgIpc) is 2.83. The van der Waals surface area contributed by atoms with Crippen LogP contribution in [0.3, 0.4) is 0 Å². The lowest BCUT2D eigenvalue weighted by molar-refractivity contribution is 1.17. The molecule has 0 N–H and O–H groups in total. The van der Waals surface area contributed by atoms with Crippen molar-refractivity contribution in [2.75, 3.05) is 0 Å². The Balaban J connectivity index is 1.93. The van der Waals surface area contributed by atoms with E-state index in [1.54, 1.807) is 12.7 Å². The van der Waals surface area contributed by atoms with Gasteiger partial charge in [-0.15, -0.1) is 0 Å². The summed E-state index contributed by atoms with van der Waals surface area (Å²) in [5.41, 5.74) is 5.09. The van der Waals surface area contributed by atoms with Gasteiger partial charge in [-0.3, -0.25) is 4.98 Å². The molecule has 30 heavy (non-hydrogen) atoms. The van der Waals surface area contributed by atoms with Gasteiger partial charge in [0.2, 0.25) is 0 Å². The van der Waals surface area contributed by atoms with Crippen LogP contribution in [0.1, 0.15) is 0 Å². The minimum atomic E-state index is 0.952. The lowest BCUT2D eigenvalue weighted by Gasteiger charge is -2.18. The van der Waals surface area contributed by atoms with Crippen molar-refractivity contribution in [2.45, 2.75) is 0 Å². The molecule has 0 bridgehead atoms. The van der Waals surface area contributed by atoms with Crippen molar-refractivity contribution >= 4 is 32.4 Å². The van der Waals surface area contributed by atoms with E-state index in [-0.39, 0.29) is 0 Å². The fourth-order valence-corrected chi connectivity index (χ4v) is 4.27. The number of hydrogen-bond donors (Lipinski definition) is 0. The molecule has 0 aliphatic heterocycles. The van der Waals surface area contributed by atoms with Crippen molar-refractivity contribution in [1.29, 1.82) is 0 Å². The Morgan fingerprint density at radius 2 is 1.00 bits per heavy atom. The number of benzene rings is 3. The number of hydrogen-bond acceptors (Lipinski definition) is 5. The van der Waals surface area contributed by atoms with Gasteiger partial charge < -0.3 is 0 Å². The van der Waals surface area contributed by atoms with Crippen LogP contribution in [0.5, 0.6) is 0 Å². The smallest absolute Gasteiger partial charge is 0.115 e. The van der Waals surface area contributed by atoms with Gasteiger partial charge in [0.1, 0.15) is 12.7 Å². The van der Waals surface area contributed by atoms with E-state index in [0.717, 1.165) is 54.7 Å². The van der Waals surface area contributed by atoms with E-state index in [9.17, 15) is 0 Å². The summed E-state index contributed by atoms with van der Waals surface area (Å²) in [6.07, 6.45) is 12.5. The monoisotopic (exact) mass is 385 g/mol. The summed E-state index contributed by atoms with van der Waals surface area (Å²) >= 11 is 0. The van der Waals surface area contributed by atoms with E-state index in [1.807, 2.05) is 43.1 Å². The molecular formula is C25H15N5. The van der Waals surface area contributed by atoms with Gasteiger partial charge >= 0.3 is 0 Å². The van der Waals surface area contributed by atoms with Crippen LogP contribution in [0.4, 0.5) is 0 Å². The Morgan fingerprint density at radius 3 is 1.67 bits per heavy atom. The van der Waals surface area contributed by atoms with Gasteiger partial charge in [0.15, 0.2) is 0 Å². The molecular weight excluding hydrogens is 370 g/mol. The highest BCUT2D eigenvalue weighted by Crippen LogP contribution is 2.44. The molecule has 6 rings (SSSR count). The summed E-state index contributed by atoms with van der Waals surface area (Å²) in [6.45, 7) is 0. The maximum absolute atomic E-state index is 4.77. The first kappa shape index (κ1) is 16.7. The quantitative estimate of drug-likeness (QED) is 0.293. The highest BCUT2D eigenvalue weighted by Gasteiger charge is 2.19. The van der Waals surface area contributed by atoms with Crippen LogP contribution >= 0.6 is 0 Å². The van der Waals surface area contributed by atoms with Crippen molar-refractivity contribution in [3.8, 4) is 22.3 Å². The van der Waals surface area contributed by atoms with Crippen LogP contribution in [-0.4, -0.2) is 24.9 Å². The number of nitrogens with zero attached hydrogens (tertiary/aromatic N) is 5. The maximum Gasteiger partial charge on any atom is 0.115 e. The summed E-state index contributed by atoms with van der Waals surface area (Å²) < 4.78 is 0. The second-order valence-electron chi connectivity index (χ2n) is 7.11. The number of fused-ring (bicyclic) bond motifs is 4. The zero-order chi connectivity index (χ0) is 19.9. The maximum atomic E-state index is 4.77. The highest BCUT2D eigenvalue weighted by molar-refractivity contribution is 6.27. The molecule has 5 nitrogen and oxygen atoms in total. The van der Waals surface area contributed by atoms with Gasteiger partial charge in [-0.25, -0.2) is 19.9 Å². The third kappa shape index (κ3) is 2.46. The van der Waals surface area contributed by atoms with Gasteiger partial charge in [0, 0.05) is 69.4 Å². The van der Waals surface area contributed by atoms with Crippen molar-refractivity contribution in [3.05, 3.63) is 92.2 Å². The van der Waals surface area contributed by atoms with E-state index in [0.29, 0.717) is 0 Å². The zero-order valence-corrected chi connectivity index (χ0v) is 15.9. The Labute approximate surface area is 172 Å². The van der Waals surface area contributed by atoms with Crippen LogP contribution in [0.25, 0.3) is 54.7 Å². The van der Waals surface area contributed by atoms with Crippen LogP contribution < -0.4 is 0 Å². The zero-order valence-electron chi connectivity index (χ0n) is 15.9. The van der Waals surface area contributed by atoms with Crippen molar-refractivity contribution in [1.82, 2.24) is 24.9 Å². The number of para-hydroxylation sites is 1. The summed E-state index contributed by atoms with van der Waals surface area (Å²) in [7, 11) is 0. The van der Waals surface area contributed by atoms with Gasteiger partial charge in [0.05, 0.1) is 5.52 Å². The van der Waals surface area contributed by atoms with E-state index >= 15 is 0 Å². The van der Waals surface area contributed by atoms with Crippen molar-refractivity contribution in [3.63, 3.8) is 0 Å². The van der Waals surface area contributed by atoms with Gasteiger partial charge in [-0.05, 0) is 16.8 Å². The predicted molar refractivity (Wildman–Crippen MR) is 119 cm³/mol. The molecule has 3 aromatic heterocycles. The molecule has 0 saturated carbocycles. The first-order chi connectivity index (χ1) is 14.9. The first-order valence-electron chi connectivity index (χ1n) is 9.65. The molecule has 5 heteroatoms. The summed E-state index contributed by atoms with van der Waals surface area (Å²) in [5.74, 6) is 0. The molecule has 140 valence electrons. The number of rotatable bonds is 2. The second-order valence-corrected chi connectivity index (χ2v) is 7.11. The van der Waals surface area contributed by atoms with E-state index in [2.05, 4.69) is 56.3 Å². The molecule has 6 aromatic rings. The topological polar surface area (TPSA) is 64.5 Å². The third-order valence-corrected chi connectivity index (χ3v) is 5.46. The summed E-state index contributed by atoms with van der Waals surface area (Å²) in [4.78, 5) is 21.9. The molecule has 3 heterocycles. The van der Waals surface area contributed by atoms with E-state index < -0.39 is 0 Å². The van der Waals surface area contributed by atoms with Gasteiger partial charge in [-0.1, -0.05) is 42.5 Å². The van der Waals surface area contributed by atoms with E-state index in [4.69, 9.17) is 4.98 Å². The molecule has 0 saturated heterocycles. The predicted octanol–water partition coefficient (Wildman–Crippen LogP) is 5.46. The van der Waals surface area contributed by atoms with E-state index in [1.165, 1.54) is 0 Å². The van der Waals surface area contributed by atoms with Crippen LogP contribution in [-0.2, 0) is 0 Å². The molecule has 0 aliphatic carbocycles.